The normalized spacial score (nSPS) is 11.3. The molecule has 0 aliphatic heterocycles. The van der Waals surface area contributed by atoms with Gasteiger partial charge in [0.25, 0.3) is 0 Å². The molecule has 0 atom stereocenters. The van der Waals surface area contributed by atoms with Gasteiger partial charge >= 0.3 is 0 Å². The summed E-state index contributed by atoms with van der Waals surface area (Å²) in [5.41, 5.74) is 14.0. The molecule has 0 spiro atoms. The molecular formula is C60H41IN8. The number of nitrogens with one attached hydrogen (secondary N) is 1. The number of H-pyrrole nitrogens is 1. The Bertz CT molecular complexity index is 4050. The first kappa shape index (κ1) is 41.7. The molecule has 0 radical (unpaired) electrons. The SMILES string of the molecule is Ic1ccccc1.c1ccc(-c2ccc(-n3ccc4c3ncc3c5cccnc5n(-c5ccccc5)c34)cc2)cc1.c1ccc(-c2ccc(-n3ccc4c5[nH]c6ncccc6c5cnc43)cc2)cc1. The predicted molar refractivity (Wildman–Crippen MR) is 291 cm³/mol. The summed E-state index contributed by atoms with van der Waals surface area (Å²) >= 11 is 2.28. The highest BCUT2D eigenvalue weighted by Gasteiger charge is 2.19. The molecule has 69 heavy (non-hydrogen) atoms. The van der Waals surface area contributed by atoms with Gasteiger partial charge in [0.15, 0.2) is 0 Å². The minimum absolute atomic E-state index is 0.895. The zero-order valence-corrected chi connectivity index (χ0v) is 39.3. The molecule has 14 rings (SSSR count). The van der Waals surface area contributed by atoms with Gasteiger partial charge < -0.3 is 14.1 Å². The highest BCUT2D eigenvalue weighted by Crippen LogP contribution is 2.36. The minimum atomic E-state index is 0.895. The fraction of sp³-hybridized carbons (Fsp3) is 0. The van der Waals surface area contributed by atoms with Crippen LogP contribution >= 0.6 is 22.6 Å². The monoisotopic (exact) mass is 1000 g/mol. The van der Waals surface area contributed by atoms with Gasteiger partial charge in [0.05, 0.1) is 11.0 Å². The molecule has 0 fully saturated rings. The van der Waals surface area contributed by atoms with E-state index in [9.17, 15) is 0 Å². The summed E-state index contributed by atoms with van der Waals surface area (Å²) in [4.78, 5) is 22.3. The number of hydrogen-bond donors (Lipinski definition) is 1. The Kier molecular flexibility index (Phi) is 11.0. The van der Waals surface area contributed by atoms with E-state index in [1.165, 1.54) is 25.8 Å². The fourth-order valence-corrected chi connectivity index (χ4v) is 9.63. The van der Waals surface area contributed by atoms with Crippen LogP contribution in [0.1, 0.15) is 0 Å². The summed E-state index contributed by atoms with van der Waals surface area (Å²) in [6.07, 6.45) is 11.8. The van der Waals surface area contributed by atoms with Gasteiger partial charge in [0.2, 0.25) is 0 Å². The first-order chi connectivity index (χ1) is 34.2. The molecule has 0 bridgehead atoms. The van der Waals surface area contributed by atoms with Gasteiger partial charge in [-0.25, -0.2) is 19.9 Å². The number of nitrogens with zero attached hydrogens (tertiary/aromatic N) is 7. The van der Waals surface area contributed by atoms with E-state index in [1.807, 2.05) is 73.3 Å². The van der Waals surface area contributed by atoms with Crippen LogP contribution < -0.4 is 0 Å². The maximum absolute atomic E-state index is 4.91. The highest BCUT2D eigenvalue weighted by molar-refractivity contribution is 14.1. The topological polar surface area (TPSA) is 82.1 Å². The molecule has 1 N–H and O–H groups in total. The van der Waals surface area contributed by atoms with Crippen LogP contribution in [0.4, 0.5) is 0 Å². The largest absolute Gasteiger partial charge is 0.339 e. The molecule has 0 aliphatic carbocycles. The standard InChI is InChI=1S/C30H20N4.C24H16N4.C6H5I/c1-3-8-21(9-4-1)22-13-15-23(16-14-22)33-19-17-26-28-27(20-32-29(26)33)25-12-7-18-31-30(25)34(28)24-10-5-2-6-11-24;1-2-5-16(6-3-1)17-8-10-18(11-9-17)28-14-12-20-22-21(15-26-24(20)28)19-7-4-13-25-23(19)27-22;7-6-4-2-1-3-5-6/h1-20H;1-15H,(H,25,27);1-5H. The van der Waals surface area contributed by atoms with Gasteiger partial charge in [-0.2, -0.15) is 0 Å². The predicted octanol–water partition coefficient (Wildman–Crippen LogP) is 15.2. The van der Waals surface area contributed by atoms with Crippen molar-refractivity contribution < 1.29 is 0 Å². The molecule has 0 unspecified atom stereocenters. The van der Waals surface area contributed by atoms with Gasteiger partial charge in [0.1, 0.15) is 22.6 Å². The second-order valence-electron chi connectivity index (χ2n) is 16.6. The maximum atomic E-state index is 4.91. The molecule has 0 saturated heterocycles. The van der Waals surface area contributed by atoms with E-state index >= 15 is 0 Å². The number of aromatic nitrogens is 8. The minimum Gasteiger partial charge on any atom is -0.339 e. The lowest BCUT2D eigenvalue weighted by atomic mass is 10.1. The van der Waals surface area contributed by atoms with Crippen molar-refractivity contribution in [2.75, 3.05) is 0 Å². The van der Waals surface area contributed by atoms with Crippen molar-refractivity contribution in [3.05, 3.63) is 247 Å². The third kappa shape index (κ3) is 7.88. The Morgan fingerprint density at radius 3 is 1.42 bits per heavy atom. The van der Waals surface area contributed by atoms with Crippen LogP contribution in [0.3, 0.4) is 0 Å². The number of para-hydroxylation sites is 1. The van der Waals surface area contributed by atoms with E-state index in [2.05, 4.69) is 216 Å². The Morgan fingerprint density at radius 1 is 0.348 bits per heavy atom. The van der Waals surface area contributed by atoms with Crippen molar-refractivity contribution in [3.63, 3.8) is 0 Å². The quantitative estimate of drug-likeness (QED) is 0.174. The number of rotatable bonds is 5. The van der Waals surface area contributed by atoms with E-state index in [1.54, 1.807) is 0 Å². The molecule has 8 nitrogen and oxygen atoms in total. The first-order valence-electron chi connectivity index (χ1n) is 22.7. The molecule has 328 valence electrons. The summed E-state index contributed by atoms with van der Waals surface area (Å²) < 4.78 is 7.82. The molecule has 14 aromatic rings. The lowest BCUT2D eigenvalue weighted by Gasteiger charge is -2.09. The van der Waals surface area contributed by atoms with Crippen LogP contribution in [0.2, 0.25) is 0 Å². The van der Waals surface area contributed by atoms with Crippen molar-refractivity contribution >= 4 is 88.5 Å². The van der Waals surface area contributed by atoms with Crippen molar-refractivity contribution in [2.24, 2.45) is 0 Å². The van der Waals surface area contributed by atoms with Gasteiger partial charge in [-0.3, -0.25) is 4.57 Å². The second-order valence-corrected chi connectivity index (χ2v) is 17.9. The van der Waals surface area contributed by atoms with Gasteiger partial charge in [0, 0.05) is 90.1 Å². The molecular weight excluding hydrogens is 960 g/mol. The van der Waals surface area contributed by atoms with Crippen molar-refractivity contribution in [2.45, 2.75) is 0 Å². The molecule has 8 heterocycles. The first-order valence-corrected chi connectivity index (χ1v) is 23.8. The lowest BCUT2D eigenvalue weighted by molar-refractivity contribution is 1.09. The van der Waals surface area contributed by atoms with Crippen molar-refractivity contribution in [1.29, 1.82) is 0 Å². The summed E-state index contributed by atoms with van der Waals surface area (Å²) in [5, 5.41) is 6.63. The third-order valence-corrected chi connectivity index (χ3v) is 13.2. The fourth-order valence-electron chi connectivity index (χ4n) is 9.22. The summed E-state index contributed by atoms with van der Waals surface area (Å²) in [6, 6.07) is 71.1. The molecule has 8 aromatic heterocycles. The number of halogens is 1. The number of fused-ring (bicyclic) bond motifs is 10. The highest BCUT2D eigenvalue weighted by atomic mass is 127. The zero-order chi connectivity index (χ0) is 46.1. The van der Waals surface area contributed by atoms with Gasteiger partial charge in [-0.15, -0.1) is 0 Å². The number of benzene rings is 6. The summed E-state index contributed by atoms with van der Waals surface area (Å²) in [6.45, 7) is 0. The second kappa shape index (κ2) is 18.2. The van der Waals surface area contributed by atoms with Crippen LogP contribution in [-0.2, 0) is 0 Å². The van der Waals surface area contributed by atoms with Gasteiger partial charge in [-0.1, -0.05) is 121 Å². The Labute approximate surface area is 411 Å². The third-order valence-electron chi connectivity index (χ3n) is 12.5. The summed E-state index contributed by atoms with van der Waals surface area (Å²) in [5.74, 6) is 0. The van der Waals surface area contributed by atoms with Crippen LogP contribution in [0, 0.1) is 3.57 Å². The molecule has 0 amide bonds. The van der Waals surface area contributed by atoms with E-state index < -0.39 is 0 Å². The van der Waals surface area contributed by atoms with Crippen LogP contribution in [0.15, 0.2) is 243 Å². The Hall–Kier alpha value is -8.67. The molecule has 6 aromatic carbocycles. The van der Waals surface area contributed by atoms with Crippen LogP contribution in [0.25, 0.3) is 105 Å². The van der Waals surface area contributed by atoms with Crippen LogP contribution in [0.5, 0.6) is 0 Å². The zero-order valence-electron chi connectivity index (χ0n) is 37.1. The summed E-state index contributed by atoms with van der Waals surface area (Å²) in [7, 11) is 0. The van der Waals surface area contributed by atoms with E-state index in [0.29, 0.717) is 0 Å². The number of pyridine rings is 4. The van der Waals surface area contributed by atoms with Crippen LogP contribution in [-0.4, -0.2) is 38.6 Å². The average Bonchev–Trinajstić information content (AvgIpc) is 4.22. The van der Waals surface area contributed by atoms with Crippen molar-refractivity contribution in [3.8, 4) is 39.3 Å². The van der Waals surface area contributed by atoms with E-state index in [0.717, 1.165) is 83.0 Å². The van der Waals surface area contributed by atoms with Gasteiger partial charge in [-0.05, 0) is 130 Å². The maximum Gasteiger partial charge on any atom is 0.146 e. The smallest absolute Gasteiger partial charge is 0.146 e. The Morgan fingerprint density at radius 2 is 0.841 bits per heavy atom. The molecule has 0 saturated carbocycles. The lowest BCUT2D eigenvalue weighted by Crippen LogP contribution is -1.97. The van der Waals surface area contributed by atoms with Crippen molar-refractivity contribution in [1.82, 2.24) is 38.6 Å². The molecule has 9 heteroatoms. The Balaban J connectivity index is 0.000000127. The average molecular weight is 1000 g/mol. The number of hydrogen-bond acceptors (Lipinski definition) is 4. The van der Waals surface area contributed by atoms with E-state index in [4.69, 9.17) is 15.0 Å². The molecule has 0 aliphatic rings. The number of aromatic amines is 1. The van der Waals surface area contributed by atoms with E-state index in [-0.39, 0.29) is 0 Å².